The molecule has 0 amide bonds. The zero-order valence-electron chi connectivity index (χ0n) is 25.6. The highest BCUT2D eigenvalue weighted by molar-refractivity contribution is 6.03. The molecule has 0 aromatic heterocycles. The van der Waals surface area contributed by atoms with Crippen molar-refractivity contribution in [3.05, 3.63) is 174 Å². The third kappa shape index (κ3) is 4.01. The lowest BCUT2D eigenvalue weighted by molar-refractivity contribution is 0.661. The van der Waals surface area contributed by atoms with Gasteiger partial charge in [-0.3, -0.25) is 0 Å². The molecule has 0 saturated carbocycles. The minimum Gasteiger partial charge on any atom is -0.310 e. The Morgan fingerprint density at radius 1 is 0.467 bits per heavy atom. The maximum absolute atomic E-state index is 2.44. The van der Waals surface area contributed by atoms with Gasteiger partial charge >= 0.3 is 0 Å². The predicted molar refractivity (Wildman–Crippen MR) is 190 cm³/mol. The van der Waals surface area contributed by atoms with Crippen LogP contribution >= 0.6 is 0 Å². The van der Waals surface area contributed by atoms with Crippen molar-refractivity contribution >= 4 is 27.8 Å². The van der Waals surface area contributed by atoms with Gasteiger partial charge in [-0.1, -0.05) is 129 Å². The van der Waals surface area contributed by atoms with E-state index in [1.54, 1.807) is 0 Å². The van der Waals surface area contributed by atoms with Crippen LogP contribution in [-0.2, 0) is 11.8 Å². The molecule has 1 heteroatoms. The lowest BCUT2D eigenvalue weighted by Gasteiger charge is -2.28. The maximum atomic E-state index is 2.44. The lowest BCUT2D eigenvalue weighted by Crippen LogP contribution is -2.16. The first-order chi connectivity index (χ1) is 22.1. The third-order valence-electron chi connectivity index (χ3n) is 10.1. The van der Waals surface area contributed by atoms with Gasteiger partial charge in [0, 0.05) is 22.5 Å². The number of fused-ring (bicyclic) bond motifs is 8. The molecule has 7 aromatic carbocycles. The monoisotopic (exact) mass is 575 g/mol. The zero-order valence-corrected chi connectivity index (χ0v) is 25.6. The van der Waals surface area contributed by atoms with Gasteiger partial charge in [0.1, 0.15) is 0 Å². The second-order valence-corrected chi connectivity index (χ2v) is 13.0. The average molecular weight is 576 g/mol. The van der Waals surface area contributed by atoms with Crippen molar-refractivity contribution in [2.24, 2.45) is 0 Å². The van der Waals surface area contributed by atoms with Crippen LogP contribution in [0.3, 0.4) is 0 Å². The van der Waals surface area contributed by atoms with Crippen molar-refractivity contribution in [3.63, 3.8) is 0 Å². The van der Waals surface area contributed by atoms with Crippen molar-refractivity contribution < 1.29 is 0 Å². The standard InChI is InChI=1S/C44H33N/c1-44(2)41-25-18-31-12-6-9-15-39(31)43(41)40-24-22-36(28-42(40)44)45(34-19-16-30(17-20-34)29-10-4-3-5-11-29)35-21-23-38-33(27-35)26-32-13-7-8-14-37(32)38/h3-25,27-28H,26H2,1-2H3. The Balaban J connectivity index is 1.20. The van der Waals surface area contributed by atoms with Crippen LogP contribution in [0, 0.1) is 0 Å². The Kier molecular flexibility index (Phi) is 5.67. The van der Waals surface area contributed by atoms with E-state index in [1.807, 2.05) is 0 Å². The molecule has 0 fully saturated rings. The summed E-state index contributed by atoms with van der Waals surface area (Å²) in [7, 11) is 0. The van der Waals surface area contributed by atoms with Gasteiger partial charge in [0.15, 0.2) is 0 Å². The van der Waals surface area contributed by atoms with Crippen molar-refractivity contribution in [2.75, 3.05) is 4.90 Å². The van der Waals surface area contributed by atoms with Gasteiger partial charge in [-0.2, -0.15) is 0 Å². The van der Waals surface area contributed by atoms with Gasteiger partial charge in [-0.15, -0.1) is 0 Å². The van der Waals surface area contributed by atoms with E-state index in [1.165, 1.54) is 77.8 Å². The van der Waals surface area contributed by atoms with E-state index in [4.69, 9.17) is 0 Å². The van der Waals surface area contributed by atoms with Gasteiger partial charge in [0.25, 0.3) is 0 Å². The van der Waals surface area contributed by atoms with E-state index >= 15 is 0 Å². The molecular formula is C44H33N. The lowest BCUT2D eigenvalue weighted by atomic mass is 9.82. The summed E-state index contributed by atoms with van der Waals surface area (Å²) >= 11 is 0. The Labute approximate surface area is 265 Å². The minimum atomic E-state index is -0.104. The SMILES string of the molecule is CC1(C)c2cc(N(c3ccc(-c4ccccc4)cc3)c3ccc4c(c3)Cc3ccccc3-4)ccc2-c2c1ccc1ccccc21. The average Bonchev–Trinajstić information content (AvgIpc) is 3.57. The number of benzene rings is 7. The highest BCUT2D eigenvalue weighted by atomic mass is 15.1. The topological polar surface area (TPSA) is 3.24 Å². The zero-order chi connectivity index (χ0) is 30.1. The first-order valence-corrected chi connectivity index (χ1v) is 15.9. The normalized spacial score (nSPS) is 13.6. The molecular weight excluding hydrogens is 542 g/mol. The molecule has 2 aliphatic carbocycles. The minimum absolute atomic E-state index is 0.104. The van der Waals surface area contributed by atoms with Crippen molar-refractivity contribution in [1.82, 2.24) is 0 Å². The largest absolute Gasteiger partial charge is 0.310 e. The van der Waals surface area contributed by atoms with Crippen molar-refractivity contribution in [3.8, 4) is 33.4 Å². The van der Waals surface area contributed by atoms with Crippen LogP contribution < -0.4 is 4.90 Å². The van der Waals surface area contributed by atoms with E-state index in [0.29, 0.717) is 0 Å². The van der Waals surface area contributed by atoms with Gasteiger partial charge in [0.2, 0.25) is 0 Å². The molecule has 0 atom stereocenters. The molecule has 1 nitrogen and oxygen atoms in total. The van der Waals surface area contributed by atoms with E-state index in [-0.39, 0.29) is 5.41 Å². The Bertz CT molecular complexity index is 2260. The molecule has 2 aliphatic rings. The highest BCUT2D eigenvalue weighted by Crippen LogP contribution is 2.53. The first kappa shape index (κ1) is 26.0. The molecule has 214 valence electrons. The molecule has 0 spiro atoms. The number of rotatable bonds is 4. The van der Waals surface area contributed by atoms with Gasteiger partial charge in [0.05, 0.1) is 0 Å². The number of hydrogen-bond acceptors (Lipinski definition) is 1. The molecule has 0 N–H and O–H groups in total. The van der Waals surface area contributed by atoms with Crippen molar-refractivity contribution in [2.45, 2.75) is 25.7 Å². The van der Waals surface area contributed by atoms with Crippen LogP contribution in [0.1, 0.15) is 36.1 Å². The summed E-state index contributed by atoms with van der Waals surface area (Å²) < 4.78 is 0. The highest BCUT2D eigenvalue weighted by Gasteiger charge is 2.37. The van der Waals surface area contributed by atoms with E-state index in [2.05, 4.69) is 170 Å². The summed E-state index contributed by atoms with van der Waals surface area (Å²) in [6.45, 7) is 4.75. The van der Waals surface area contributed by atoms with Crippen LogP contribution in [0.2, 0.25) is 0 Å². The second kappa shape index (κ2) is 9.81. The third-order valence-corrected chi connectivity index (χ3v) is 10.1. The molecule has 45 heavy (non-hydrogen) atoms. The molecule has 0 bridgehead atoms. The Morgan fingerprint density at radius 2 is 1.11 bits per heavy atom. The summed E-state index contributed by atoms with van der Waals surface area (Å²) in [5.41, 5.74) is 16.9. The number of nitrogens with zero attached hydrogens (tertiary/aromatic N) is 1. The molecule has 9 rings (SSSR count). The van der Waals surface area contributed by atoms with E-state index < -0.39 is 0 Å². The summed E-state index contributed by atoms with van der Waals surface area (Å²) in [5.74, 6) is 0. The number of hydrogen-bond donors (Lipinski definition) is 0. The molecule has 0 radical (unpaired) electrons. The van der Waals surface area contributed by atoms with E-state index in [0.717, 1.165) is 12.1 Å². The van der Waals surface area contributed by atoms with Gasteiger partial charge in [-0.25, -0.2) is 0 Å². The summed E-state index contributed by atoms with van der Waals surface area (Å²) in [4.78, 5) is 2.44. The maximum Gasteiger partial charge on any atom is 0.0465 e. The van der Waals surface area contributed by atoms with Crippen LogP contribution in [0.5, 0.6) is 0 Å². The summed E-state index contributed by atoms with van der Waals surface area (Å²) in [6.07, 6.45) is 0.972. The quantitative estimate of drug-likeness (QED) is 0.202. The van der Waals surface area contributed by atoms with Crippen LogP contribution in [0.4, 0.5) is 17.1 Å². The number of anilines is 3. The van der Waals surface area contributed by atoms with E-state index in [9.17, 15) is 0 Å². The van der Waals surface area contributed by atoms with Crippen molar-refractivity contribution in [1.29, 1.82) is 0 Å². The second-order valence-electron chi connectivity index (χ2n) is 13.0. The molecule has 0 saturated heterocycles. The fourth-order valence-corrected chi connectivity index (χ4v) is 7.79. The Hall–Kier alpha value is -5.40. The predicted octanol–water partition coefficient (Wildman–Crippen LogP) is 11.9. The molecule has 7 aromatic rings. The van der Waals surface area contributed by atoms with Gasteiger partial charge in [-0.05, 0) is 109 Å². The fraction of sp³-hybridized carbons (Fsp3) is 0.0909. The Morgan fingerprint density at radius 3 is 1.96 bits per heavy atom. The molecule has 0 heterocycles. The molecule has 0 aliphatic heterocycles. The van der Waals surface area contributed by atoms with Crippen LogP contribution in [-0.4, -0.2) is 0 Å². The summed E-state index contributed by atoms with van der Waals surface area (Å²) in [5, 5.41) is 2.63. The first-order valence-electron chi connectivity index (χ1n) is 15.9. The van der Waals surface area contributed by atoms with Gasteiger partial charge < -0.3 is 4.90 Å². The molecule has 0 unspecified atom stereocenters. The van der Waals surface area contributed by atoms with Crippen LogP contribution in [0.25, 0.3) is 44.2 Å². The smallest absolute Gasteiger partial charge is 0.0465 e. The summed E-state index contributed by atoms with van der Waals surface area (Å²) in [6, 6.07) is 56.0. The van der Waals surface area contributed by atoms with Crippen LogP contribution in [0.15, 0.2) is 152 Å². The fourth-order valence-electron chi connectivity index (χ4n) is 7.79.